The summed E-state index contributed by atoms with van der Waals surface area (Å²) in [7, 11) is -4.26. The van der Waals surface area contributed by atoms with E-state index in [1.54, 1.807) is 0 Å². The fraction of sp³-hybridized carbons (Fsp3) is 0.500. The van der Waals surface area contributed by atoms with Crippen molar-refractivity contribution in [2.45, 2.75) is 31.2 Å². The van der Waals surface area contributed by atoms with E-state index in [0.717, 1.165) is 18.2 Å². The maximum atomic E-state index is 13.5. The minimum atomic E-state index is -4.26. The van der Waals surface area contributed by atoms with Crippen molar-refractivity contribution in [1.82, 2.24) is 4.72 Å². The second-order valence-corrected chi connectivity index (χ2v) is 6.39. The maximum absolute atomic E-state index is 13.5. The van der Waals surface area contributed by atoms with Gasteiger partial charge in [0.25, 0.3) is 0 Å². The highest BCUT2D eigenvalue weighted by Gasteiger charge is 2.26. The number of benzene rings is 1. The molecule has 1 rings (SSSR count). The zero-order valence-electron chi connectivity index (χ0n) is 10.9. The van der Waals surface area contributed by atoms with Crippen molar-refractivity contribution in [3.05, 3.63) is 29.8 Å². The van der Waals surface area contributed by atoms with E-state index < -0.39 is 32.6 Å². The van der Waals surface area contributed by atoms with E-state index in [-0.39, 0.29) is 12.5 Å². The molecule has 0 spiro atoms. The average Bonchev–Trinajstić information content (AvgIpc) is 2.26. The Morgan fingerprint density at radius 1 is 1.26 bits per heavy atom. The third-order valence-electron chi connectivity index (χ3n) is 2.55. The molecule has 0 radical (unpaired) electrons. The highest BCUT2D eigenvalue weighted by atomic mass is 32.2. The molecule has 0 aliphatic rings. The van der Waals surface area contributed by atoms with Crippen molar-refractivity contribution in [2.24, 2.45) is 11.7 Å². The van der Waals surface area contributed by atoms with E-state index in [9.17, 15) is 17.2 Å². The largest absolute Gasteiger partial charge is 0.329 e. The Hall–Kier alpha value is -1.05. The molecule has 19 heavy (non-hydrogen) atoms. The Kier molecular flexibility index (Phi) is 5.39. The highest BCUT2D eigenvalue weighted by Crippen LogP contribution is 2.19. The SMILES string of the molecule is CC(C)C[C@@H](CN)NS(=O)(=O)c1c(F)cccc1F. The van der Waals surface area contributed by atoms with Gasteiger partial charge >= 0.3 is 0 Å². The fourth-order valence-corrected chi connectivity index (χ4v) is 3.18. The molecule has 3 N–H and O–H groups in total. The summed E-state index contributed by atoms with van der Waals surface area (Å²) in [6, 6.07) is 2.36. The van der Waals surface area contributed by atoms with Gasteiger partial charge in [-0.05, 0) is 24.5 Å². The molecular weight excluding hydrogens is 274 g/mol. The predicted octanol–water partition coefficient (Wildman–Crippen LogP) is 1.62. The summed E-state index contributed by atoms with van der Waals surface area (Å²) in [6.07, 6.45) is 0.492. The normalized spacial score (nSPS) is 13.8. The van der Waals surface area contributed by atoms with Crippen molar-refractivity contribution in [3.63, 3.8) is 0 Å². The lowest BCUT2D eigenvalue weighted by Gasteiger charge is -2.19. The maximum Gasteiger partial charge on any atom is 0.246 e. The van der Waals surface area contributed by atoms with Gasteiger partial charge in [-0.1, -0.05) is 19.9 Å². The molecule has 108 valence electrons. The van der Waals surface area contributed by atoms with Crippen molar-refractivity contribution in [3.8, 4) is 0 Å². The molecule has 1 aromatic rings. The summed E-state index contributed by atoms with van der Waals surface area (Å²) in [4.78, 5) is -0.961. The quantitative estimate of drug-likeness (QED) is 0.837. The van der Waals surface area contributed by atoms with Crippen LogP contribution >= 0.6 is 0 Å². The smallest absolute Gasteiger partial charge is 0.246 e. The first-order chi connectivity index (χ1) is 8.77. The van der Waals surface area contributed by atoms with Crippen LogP contribution in [-0.2, 0) is 10.0 Å². The molecule has 0 heterocycles. The molecule has 4 nitrogen and oxygen atoms in total. The molecule has 1 atom stereocenters. The Labute approximate surface area is 112 Å². The first-order valence-electron chi connectivity index (χ1n) is 5.94. The zero-order valence-corrected chi connectivity index (χ0v) is 11.7. The van der Waals surface area contributed by atoms with Crippen LogP contribution in [0.4, 0.5) is 8.78 Å². The van der Waals surface area contributed by atoms with E-state index >= 15 is 0 Å². The van der Waals surface area contributed by atoms with Crippen molar-refractivity contribution >= 4 is 10.0 Å². The molecule has 0 aliphatic carbocycles. The van der Waals surface area contributed by atoms with E-state index in [1.807, 2.05) is 13.8 Å². The number of rotatable bonds is 6. The van der Waals surface area contributed by atoms with Gasteiger partial charge in [-0.15, -0.1) is 0 Å². The van der Waals surface area contributed by atoms with Gasteiger partial charge in [0.1, 0.15) is 11.6 Å². The summed E-state index contributed by atoms with van der Waals surface area (Å²) in [6.45, 7) is 3.87. The number of hydrogen-bond acceptors (Lipinski definition) is 3. The zero-order chi connectivity index (χ0) is 14.6. The first-order valence-corrected chi connectivity index (χ1v) is 7.42. The first kappa shape index (κ1) is 16.0. The van der Waals surface area contributed by atoms with Crippen molar-refractivity contribution in [2.75, 3.05) is 6.54 Å². The summed E-state index contributed by atoms with van der Waals surface area (Å²) >= 11 is 0. The Balaban J connectivity index is 3.04. The van der Waals surface area contributed by atoms with Crippen LogP contribution in [0.3, 0.4) is 0 Å². The lowest BCUT2D eigenvalue weighted by molar-refractivity contribution is 0.458. The number of sulfonamides is 1. The van der Waals surface area contributed by atoms with Gasteiger partial charge in [-0.3, -0.25) is 0 Å². The Morgan fingerprint density at radius 3 is 2.21 bits per heavy atom. The molecule has 0 saturated heterocycles. The molecule has 0 unspecified atom stereocenters. The van der Waals surface area contributed by atoms with Gasteiger partial charge in [0, 0.05) is 12.6 Å². The third kappa shape index (κ3) is 4.22. The minimum Gasteiger partial charge on any atom is -0.329 e. The molecular formula is C12H18F2N2O2S. The summed E-state index contributed by atoms with van der Waals surface area (Å²) in [5, 5.41) is 0. The van der Waals surface area contributed by atoms with Crippen LogP contribution in [0, 0.1) is 17.6 Å². The monoisotopic (exact) mass is 292 g/mol. The van der Waals surface area contributed by atoms with Gasteiger partial charge < -0.3 is 5.73 Å². The van der Waals surface area contributed by atoms with E-state index in [4.69, 9.17) is 5.73 Å². The van der Waals surface area contributed by atoms with Gasteiger partial charge in [-0.2, -0.15) is 0 Å². The number of nitrogens with two attached hydrogens (primary N) is 1. The van der Waals surface area contributed by atoms with Crippen molar-refractivity contribution in [1.29, 1.82) is 0 Å². The van der Waals surface area contributed by atoms with Crippen LogP contribution in [0.15, 0.2) is 23.1 Å². The fourth-order valence-electron chi connectivity index (χ4n) is 1.78. The molecule has 0 fully saturated rings. The molecule has 1 aromatic carbocycles. The molecule has 0 aromatic heterocycles. The van der Waals surface area contributed by atoms with Gasteiger partial charge in [-0.25, -0.2) is 21.9 Å². The van der Waals surface area contributed by atoms with Crippen LogP contribution < -0.4 is 10.5 Å². The Bertz CT molecular complexity index is 512. The van der Waals surface area contributed by atoms with E-state index in [1.165, 1.54) is 0 Å². The van der Waals surface area contributed by atoms with Crippen LogP contribution in [0.2, 0.25) is 0 Å². The molecule has 0 aliphatic heterocycles. The van der Waals surface area contributed by atoms with Gasteiger partial charge in [0.15, 0.2) is 4.90 Å². The number of halogens is 2. The standard InChI is InChI=1S/C12H18F2N2O2S/c1-8(2)6-9(7-15)16-19(17,18)12-10(13)4-3-5-11(12)14/h3-5,8-9,16H,6-7,15H2,1-2H3/t9-/m0/s1. The molecule has 7 heteroatoms. The lowest BCUT2D eigenvalue weighted by Crippen LogP contribution is -2.41. The van der Waals surface area contributed by atoms with Crippen molar-refractivity contribution < 1.29 is 17.2 Å². The summed E-state index contributed by atoms with van der Waals surface area (Å²) in [5.41, 5.74) is 5.47. The van der Waals surface area contributed by atoms with E-state index in [0.29, 0.717) is 6.42 Å². The van der Waals surface area contributed by atoms with Gasteiger partial charge in [0.2, 0.25) is 10.0 Å². The lowest BCUT2D eigenvalue weighted by atomic mass is 10.1. The Morgan fingerprint density at radius 2 is 1.79 bits per heavy atom. The molecule has 0 saturated carbocycles. The number of nitrogens with one attached hydrogen (secondary N) is 1. The van der Waals surface area contributed by atoms with Crippen LogP contribution in [0.1, 0.15) is 20.3 Å². The summed E-state index contributed by atoms with van der Waals surface area (Å²) < 4.78 is 53.1. The topological polar surface area (TPSA) is 72.2 Å². The van der Waals surface area contributed by atoms with Gasteiger partial charge in [0.05, 0.1) is 0 Å². The number of hydrogen-bond donors (Lipinski definition) is 2. The van der Waals surface area contributed by atoms with Crippen LogP contribution in [0.25, 0.3) is 0 Å². The van der Waals surface area contributed by atoms with Crippen LogP contribution in [-0.4, -0.2) is 21.0 Å². The second kappa shape index (κ2) is 6.40. The molecule has 0 bridgehead atoms. The second-order valence-electron chi connectivity index (χ2n) is 4.73. The van der Waals surface area contributed by atoms with Crippen LogP contribution in [0.5, 0.6) is 0 Å². The van der Waals surface area contributed by atoms with E-state index in [2.05, 4.69) is 4.72 Å². The minimum absolute atomic E-state index is 0.0630. The third-order valence-corrected chi connectivity index (χ3v) is 4.12. The predicted molar refractivity (Wildman–Crippen MR) is 69.0 cm³/mol. The highest BCUT2D eigenvalue weighted by molar-refractivity contribution is 7.89. The summed E-state index contributed by atoms with van der Waals surface area (Å²) in [5.74, 6) is -2.03. The molecule has 0 amide bonds. The average molecular weight is 292 g/mol.